The van der Waals surface area contributed by atoms with E-state index >= 15 is 0 Å². The highest BCUT2D eigenvalue weighted by molar-refractivity contribution is 7.98. The largest absolute Gasteiger partial charge is 0.326 e. The number of rotatable bonds is 5. The Morgan fingerprint density at radius 2 is 1.96 bits per heavy atom. The molecule has 1 saturated heterocycles. The first kappa shape index (κ1) is 18.0. The molecule has 1 amide bonds. The SMILES string of the molecule is CSc1cccc(NC(=O)C(C)N2C[C@@H](N)[C@H](c3ccccc3)C2)c1. The van der Waals surface area contributed by atoms with Gasteiger partial charge in [-0.05, 0) is 36.9 Å². The minimum absolute atomic E-state index is 0.0131. The van der Waals surface area contributed by atoms with Crippen LogP contribution < -0.4 is 11.1 Å². The molecule has 2 aromatic rings. The molecule has 0 saturated carbocycles. The molecular formula is C20H25N3OS. The number of hydrogen-bond donors (Lipinski definition) is 2. The van der Waals surface area contributed by atoms with Crippen molar-refractivity contribution in [2.24, 2.45) is 5.73 Å². The fourth-order valence-corrected chi connectivity index (χ4v) is 3.80. The molecule has 5 heteroatoms. The van der Waals surface area contributed by atoms with Crippen molar-refractivity contribution >= 4 is 23.4 Å². The molecule has 0 aliphatic carbocycles. The zero-order valence-electron chi connectivity index (χ0n) is 14.7. The van der Waals surface area contributed by atoms with Gasteiger partial charge in [0.05, 0.1) is 6.04 Å². The van der Waals surface area contributed by atoms with Crippen LogP contribution in [0.4, 0.5) is 5.69 Å². The van der Waals surface area contributed by atoms with Gasteiger partial charge in [0.25, 0.3) is 0 Å². The van der Waals surface area contributed by atoms with Gasteiger partial charge in [0.15, 0.2) is 0 Å². The quantitative estimate of drug-likeness (QED) is 0.809. The standard InChI is InChI=1S/C20H25N3OS/c1-14(20(24)22-16-9-6-10-17(11-16)25-2)23-12-18(19(21)13-23)15-7-4-3-5-8-15/h3-11,14,18-19H,12-13,21H2,1-2H3,(H,22,24)/t14?,18-,19+/m0/s1. The molecule has 4 nitrogen and oxygen atoms in total. The van der Waals surface area contributed by atoms with E-state index in [2.05, 4.69) is 22.3 Å². The Balaban J connectivity index is 1.64. The molecule has 0 aromatic heterocycles. The maximum Gasteiger partial charge on any atom is 0.241 e. The van der Waals surface area contributed by atoms with Gasteiger partial charge in [0.1, 0.15) is 0 Å². The summed E-state index contributed by atoms with van der Waals surface area (Å²) in [6.07, 6.45) is 2.03. The minimum atomic E-state index is -0.210. The van der Waals surface area contributed by atoms with E-state index in [0.29, 0.717) is 0 Å². The summed E-state index contributed by atoms with van der Waals surface area (Å²) >= 11 is 1.66. The lowest BCUT2D eigenvalue weighted by Gasteiger charge is -2.23. The van der Waals surface area contributed by atoms with Gasteiger partial charge in [-0.1, -0.05) is 36.4 Å². The summed E-state index contributed by atoms with van der Waals surface area (Å²) < 4.78 is 0. The Hall–Kier alpha value is -1.82. The van der Waals surface area contributed by atoms with Crippen molar-refractivity contribution in [3.8, 4) is 0 Å². The Bertz CT molecular complexity index is 722. The zero-order valence-corrected chi connectivity index (χ0v) is 15.5. The minimum Gasteiger partial charge on any atom is -0.326 e. The lowest BCUT2D eigenvalue weighted by atomic mass is 9.95. The number of nitrogens with two attached hydrogens (primary N) is 1. The van der Waals surface area contributed by atoms with Gasteiger partial charge in [0, 0.05) is 35.6 Å². The lowest BCUT2D eigenvalue weighted by molar-refractivity contribution is -0.120. The van der Waals surface area contributed by atoms with Crippen molar-refractivity contribution in [2.45, 2.75) is 29.8 Å². The molecule has 25 heavy (non-hydrogen) atoms. The molecule has 1 fully saturated rings. The highest BCUT2D eigenvalue weighted by Crippen LogP contribution is 2.28. The highest BCUT2D eigenvalue weighted by atomic mass is 32.2. The number of anilines is 1. The summed E-state index contributed by atoms with van der Waals surface area (Å²) in [5.41, 5.74) is 8.44. The second-order valence-corrected chi connectivity index (χ2v) is 7.41. The van der Waals surface area contributed by atoms with Crippen LogP contribution in [0.15, 0.2) is 59.5 Å². The van der Waals surface area contributed by atoms with Crippen LogP contribution in [-0.4, -0.2) is 42.2 Å². The summed E-state index contributed by atoms with van der Waals surface area (Å²) in [6.45, 7) is 3.50. The molecule has 1 heterocycles. The fourth-order valence-electron chi connectivity index (χ4n) is 3.34. The first-order chi connectivity index (χ1) is 12.1. The molecule has 3 rings (SSSR count). The van der Waals surface area contributed by atoms with E-state index < -0.39 is 0 Å². The third-order valence-electron chi connectivity index (χ3n) is 4.89. The molecule has 0 spiro atoms. The predicted octanol–water partition coefficient (Wildman–Crippen LogP) is 3.16. The van der Waals surface area contributed by atoms with Crippen LogP contribution >= 0.6 is 11.8 Å². The van der Waals surface area contributed by atoms with E-state index in [9.17, 15) is 4.79 Å². The van der Waals surface area contributed by atoms with Gasteiger partial charge in [-0.15, -0.1) is 11.8 Å². The molecule has 2 aromatic carbocycles. The summed E-state index contributed by atoms with van der Waals surface area (Å²) in [6, 6.07) is 18.1. The highest BCUT2D eigenvalue weighted by Gasteiger charge is 2.35. The lowest BCUT2D eigenvalue weighted by Crippen LogP contribution is -2.41. The van der Waals surface area contributed by atoms with Gasteiger partial charge < -0.3 is 11.1 Å². The molecule has 132 valence electrons. The molecule has 0 bridgehead atoms. The molecule has 3 N–H and O–H groups in total. The van der Waals surface area contributed by atoms with Crippen molar-refractivity contribution in [1.29, 1.82) is 0 Å². The summed E-state index contributed by atoms with van der Waals surface area (Å²) in [4.78, 5) is 16.0. The molecule has 1 unspecified atom stereocenters. The van der Waals surface area contributed by atoms with E-state index in [-0.39, 0.29) is 23.9 Å². The Kier molecular flexibility index (Phi) is 5.78. The van der Waals surface area contributed by atoms with Crippen LogP contribution in [-0.2, 0) is 4.79 Å². The summed E-state index contributed by atoms with van der Waals surface area (Å²) in [5, 5.41) is 3.03. The van der Waals surface area contributed by atoms with Crippen molar-refractivity contribution in [2.75, 3.05) is 24.7 Å². The maximum absolute atomic E-state index is 12.6. The molecule has 3 atom stereocenters. The van der Waals surface area contributed by atoms with Crippen LogP contribution in [0, 0.1) is 0 Å². The van der Waals surface area contributed by atoms with E-state index in [1.807, 2.05) is 55.6 Å². The Morgan fingerprint density at radius 3 is 2.68 bits per heavy atom. The average Bonchev–Trinajstić information content (AvgIpc) is 3.03. The van der Waals surface area contributed by atoms with Crippen molar-refractivity contribution < 1.29 is 4.79 Å². The number of amides is 1. The topological polar surface area (TPSA) is 58.4 Å². The van der Waals surface area contributed by atoms with E-state index in [1.165, 1.54) is 5.56 Å². The van der Waals surface area contributed by atoms with Crippen molar-refractivity contribution in [3.05, 3.63) is 60.2 Å². The van der Waals surface area contributed by atoms with E-state index in [0.717, 1.165) is 23.7 Å². The number of thioether (sulfide) groups is 1. The van der Waals surface area contributed by atoms with E-state index in [4.69, 9.17) is 5.73 Å². The van der Waals surface area contributed by atoms with Gasteiger partial charge >= 0.3 is 0 Å². The Labute approximate surface area is 153 Å². The van der Waals surface area contributed by atoms with Crippen LogP contribution in [0.25, 0.3) is 0 Å². The second kappa shape index (κ2) is 8.04. The maximum atomic E-state index is 12.6. The molecular weight excluding hydrogens is 330 g/mol. The first-order valence-electron chi connectivity index (χ1n) is 8.58. The third kappa shape index (κ3) is 4.24. The van der Waals surface area contributed by atoms with Crippen LogP contribution in [0.2, 0.25) is 0 Å². The first-order valence-corrected chi connectivity index (χ1v) is 9.80. The van der Waals surface area contributed by atoms with Crippen LogP contribution in [0.3, 0.4) is 0 Å². The van der Waals surface area contributed by atoms with Gasteiger partial charge in [-0.2, -0.15) is 0 Å². The summed E-state index contributed by atoms with van der Waals surface area (Å²) in [7, 11) is 0. The smallest absolute Gasteiger partial charge is 0.241 e. The molecule has 1 aliphatic rings. The van der Waals surface area contributed by atoms with Crippen LogP contribution in [0.1, 0.15) is 18.4 Å². The summed E-state index contributed by atoms with van der Waals surface area (Å²) in [5.74, 6) is 0.287. The normalized spacial score (nSPS) is 21.9. The van der Waals surface area contributed by atoms with E-state index in [1.54, 1.807) is 11.8 Å². The number of likely N-dealkylation sites (tertiary alicyclic amines) is 1. The number of carbonyl (C=O) groups is 1. The van der Waals surface area contributed by atoms with Crippen molar-refractivity contribution in [3.63, 3.8) is 0 Å². The predicted molar refractivity (Wildman–Crippen MR) is 105 cm³/mol. The van der Waals surface area contributed by atoms with Crippen LogP contribution in [0.5, 0.6) is 0 Å². The van der Waals surface area contributed by atoms with Crippen molar-refractivity contribution in [1.82, 2.24) is 4.90 Å². The number of carbonyl (C=O) groups excluding carboxylic acids is 1. The zero-order chi connectivity index (χ0) is 17.8. The monoisotopic (exact) mass is 355 g/mol. The third-order valence-corrected chi connectivity index (χ3v) is 5.61. The molecule has 1 aliphatic heterocycles. The molecule has 0 radical (unpaired) electrons. The number of nitrogens with zero attached hydrogens (tertiary/aromatic N) is 1. The number of benzene rings is 2. The number of hydrogen-bond acceptors (Lipinski definition) is 4. The average molecular weight is 356 g/mol. The number of nitrogens with one attached hydrogen (secondary N) is 1. The van der Waals surface area contributed by atoms with Gasteiger partial charge in [-0.25, -0.2) is 0 Å². The Morgan fingerprint density at radius 1 is 1.20 bits per heavy atom. The van der Waals surface area contributed by atoms with Gasteiger partial charge in [0.2, 0.25) is 5.91 Å². The fraction of sp³-hybridized carbons (Fsp3) is 0.350. The second-order valence-electron chi connectivity index (χ2n) is 6.53. The van der Waals surface area contributed by atoms with Gasteiger partial charge in [-0.3, -0.25) is 9.69 Å².